The molecule has 1 saturated heterocycles. The number of hydrogen-bond donors (Lipinski definition) is 1. The molecule has 0 spiro atoms. The van der Waals surface area contributed by atoms with Gasteiger partial charge in [0.25, 0.3) is 5.91 Å². The Morgan fingerprint density at radius 1 is 1.23 bits per heavy atom. The van der Waals surface area contributed by atoms with Crippen LogP contribution in [0.15, 0.2) is 42.7 Å². The number of rotatable bonds is 4. The minimum absolute atomic E-state index is 0.146. The molecule has 0 saturated carbocycles. The van der Waals surface area contributed by atoms with Crippen molar-refractivity contribution < 1.29 is 14.3 Å². The summed E-state index contributed by atoms with van der Waals surface area (Å²) in [5, 5.41) is 7.14. The highest BCUT2D eigenvalue weighted by Crippen LogP contribution is 2.19. The predicted molar refractivity (Wildman–Crippen MR) is 97.2 cm³/mol. The highest BCUT2D eigenvalue weighted by atomic mass is 16.6. The largest absolute Gasteiger partial charge is 0.444 e. The van der Waals surface area contributed by atoms with Crippen LogP contribution in [0, 0.1) is 5.92 Å². The van der Waals surface area contributed by atoms with Gasteiger partial charge in [-0.1, -0.05) is 12.1 Å². The monoisotopic (exact) mass is 356 g/mol. The summed E-state index contributed by atoms with van der Waals surface area (Å²) in [5.41, 5.74) is 0.811. The van der Waals surface area contributed by atoms with Crippen LogP contribution in [0.1, 0.15) is 31.1 Å². The Kier molecular flexibility index (Phi) is 4.97. The van der Waals surface area contributed by atoms with Gasteiger partial charge in [0.1, 0.15) is 5.60 Å². The molecule has 0 unspecified atom stereocenters. The number of carbonyl (C=O) groups excluding carboxylic acids is 2. The second kappa shape index (κ2) is 7.19. The third kappa shape index (κ3) is 4.22. The van der Waals surface area contributed by atoms with E-state index >= 15 is 0 Å². The van der Waals surface area contributed by atoms with E-state index in [4.69, 9.17) is 4.74 Å². The van der Waals surface area contributed by atoms with Gasteiger partial charge in [0.15, 0.2) is 0 Å². The van der Waals surface area contributed by atoms with Crippen LogP contribution in [-0.4, -0.2) is 51.9 Å². The third-order valence-electron chi connectivity index (χ3n) is 4.06. The van der Waals surface area contributed by atoms with Gasteiger partial charge < -0.3 is 15.0 Å². The number of nitrogens with zero attached hydrogens (tertiary/aromatic N) is 3. The van der Waals surface area contributed by atoms with E-state index in [1.54, 1.807) is 28.0 Å². The van der Waals surface area contributed by atoms with Gasteiger partial charge in [-0.2, -0.15) is 5.10 Å². The van der Waals surface area contributed by atoms with E-state index in [9.17, 15) is 9.59 Å². The molecule has 1 N–H and O–H groups in total. The first kappa shape index (κ1) is 18.0. The van der Waals surface area contributed by atoms with Crippen LogP contribution in [0.3, 0.4) is 0 Å². The number of likely N-dealkylation sites (tertiary alicyclic amines) is 1. The van der Waals surface area contributed by atoms with Gasteiger partial charge >= 0.3 is 6.09 Å². The second-order valence-electron chi connectivity index (χ2n) is 7.43. The summed E-state index contributed by atoms with van der Waals surface area (Å²) in [6, 6.07) is 9.15. The van der Waals surface area contributed by atoms with Gasteiger partial charge in [0.05, 0.1) is 11.3 Å². The van der Waals surface area contributed by atoms with Crippen molar-refractivity contribution in [1.82, 2.24) is 20.0 Å². The summed E-state index contributed by atoms with van der Waals surface area (Å²) >= 11 is 0. The highest BCUT2D eigenvalue weighted by molar-refractivity contribution is 5.97. The lowest BCUT2D eigenvalue weighted by Gasteiger charge is -2.39. The molecule has 0 atom stereocenters. The molecule has 7 heteroatoms. The van der Waals surface area contributed by atoms with Gasteiger partial charge in [0, 0.05) is 37.9 Å². The maximum absolute atomic E-state index is 12.6. The molecular formula is C19H24N4O3. The van der Waals surface area contributed by atoms with Crippen molar-refractivity contribution in [2.24, 2.45) is 5.92 Å². The van der Waals surface area contributed by atoms with E-state index in [1.165, 1.54) is 0 Å². The van der Waals surface area contributed by atoms with E-state index in [0.717, 1.165) is 5.69 Å². The molecule has 1 aromatic heterocycles. The summed E-state index contributed by atoms with van der Waals surface area (Å²) in [6.07, 6.45) is 3.18. The van der Waals surface area contributed by atoms with Gasteiger partial charge in [-0.05, 0) is 39.0 Å². The zero-order valence-corrected chi connectivity index (χ0v) is 15.3. The highest BCUT2D eigenvalue weighted by Gasteiger charge is 2.33. The van der Waals surface area contributed by atoms with Crippen molar-refractivity contribution in [2.75, 3.05) is 19.6 Å². The Morgan fingerprint density at radius 3 is 2.62 bits per heavy atom. The van der Waals surface area contributed by atoms with E-state index < -0.39 is 5.60 Å². The van der Waals surface area contributed by atoms with Crippen LogP contribution in [-0.2, 0) is 4.74 Å². The average Bonchev–Trinajstić information content (AvgIpc) is 3.05. The Bertz CT molecular complexity index is 774. The van der Waals surface area contributed by atoms with Crippen LogP contribution in [0.4, 0.5) is 4.79 Å². The van der Waals surface area contributed by atoms with Crippen molar-refractivity contribution in [3.05, 3.63) is 48.3 Å². The third-order valence-corrected chi connectivity index (χ3v) is 4.06. The molecule has 0 bridgehead atoms. The van der Waals surface area contributed by atoms with E-state index in [2.05, 4.69) is 10.4 Å². The summed E-state index contributed by atoms with van der Waals surface area (Å²) in [7, 11) is 0. The fraction of sp³-hybridized carbons (Fsp3) is 0.421. The summed E-state index contributed by atoms with van der Waals surface area (Å²) < 4.78 is 7.00. The Hall–Kier alpha value is -2.83. The van der Waals surface area contributed by atoms with Crippen LogP contribution in [0.2, 0.25) is 0 Å². The number of benzene rings is 1. The van der Waals surface area contributed by atoms with Crippen molar-refractivity contribution in [1.29, 1.82) is 0 Å². The van der Waals surface area contributed by atoms with Gasteiger partial charge in [-0.25, -0.2) is 9.48 Å². The molecule has 3 rings (SSSR count). The Morgan fingerprint density at radius 2 is 1.96 bits per heavy atom. The zero-order valence-electron chi connectivity index (χ0n) is 15.3. The van der Waals surface area contributed by atoms with Gasteiger partial charge in [0.2, 0.25) is 0 Å². The fourth-order valence-corrected chi connectivity index (χ4v) is 2.78. The maximum Gasteiger partial charge on any atom is 0.410 e. The molecule has 7 nitrogen and oxygen atoms in total. The average molecular weight is 356 g/mol. The number of nitrogens with one attached hydrogen (secondary N) is 1. The normalized spacial score (nSPS) is 14.7. The molecule has 2 amide bonds. The minimum atomic E-state index is -0.493. The first-order valence-electron chi connectivity index (χ1n) is 8.68. The molecule has 138 valence electrons. The molecule has 1 fully saturated rings. The van der Waals surface area contributed by atoms with Crippen LogP contribution < -0.4 is 5.32 Å². The molecule has 2 heterocycles. The lowest BCUT2D eigenvalue weighted by atomic mass is 10.0. The first-order chi connectivity index (χ1) is 12.3. The molecular weight excluding hydrogens is 332 g/mol. The fourth-order valence-electron chi connectivity index (χ4n) is 2.78. The van der Waals surface area contributed by atoms with E-state index in [-0.39, 0.29) is 17.9 Å². The summed E-state index contributed by atoms with van der Waals surface area (Å²) in [4.78, 5) is 26.1. The molecule has 1 aliphatic rings. The summed E-state index contributed by atoms with van der Waals surface area (Å²) in [6.45, 7) is 7.25. The number of ether oxygens (including phenoxy) is 1. The molecule has 1 aliphatic heterocycles. The quantitative estimate of drug-likeness (QED) is 0.913. The minimum Gasteiger partial charge on any atom is -0.444 e. The molecule has 1 aromatic carbocycles. The van der Waals surface area contributed by atoms with Crippen molar-refractivity contribution in [2.45, 2.75) is 26.4 Å². The number of amides is 2. The standard InChI is InChI=1S/C19H24N4O3/c1-19(2,3)26-18(25)22-12-14(13-22)11-20-17(24)15-7-4-5-8-16(15)23-10-6-9-21-23/h4-10,14H,11-13H2,1-3H3,(H,20,24). The lowest BCUT2D eigenvalue weighted by molar-refractivity contribution is -0.000532. The van der Waals surface area contributed by atoms with Crippen LogP contribution >= 0.6 is 0 Å². The molecule has 0 aliphatic carbocycles. The smallest absolute Gasteiger partial charge is 0.410 e. The van der Waals surface area contributed by atoms with Crippen molar-refractivity contribution >= 4 is 12.0 Å². The zero-order chi connectivity index (χ0) is 18.7. The van der Waals surface area contributed by atoms with E-state index in [1.807, 2.05) is 45.0 Å². The number of aromatic nitrogens is 2. The molecule has 2 aromatic rings. The first-order valence-corrected chi connectivity index (χ1v) is 8.68. The van der Waals surface area contributed by atoms with Crippen molar-refractivity contribution in [3.8, 4) is 5.69 Å². The lowest BCUT2D eigenvalue weighted by Crippen LogP contribution is -2.54. The predicted octanol–water partition coefficient (Wildman–Crippen LogP) is 2.47. The Labute approximate surface area is 152 Å². The topological polar surface area (TPSA) is 76.5 Å². The SMILES string of the molecule is CC(C)(C)OC(=O)N1CC(CNC(=O)c2ccccc2-n2cccn2)C1. The number of hydrogen-bond acceptors (Lipinski definition) is 4. The van der Waals surface area contributed by atoms with E-state index in [0.29, 0.717) is 25.2 Å². The molecule has 26 heavy (non-hydrogen) atoms. The van der Waals surface area contributed by atoms with Crippen LogP contribution in [0.5, 0.6) is 0 Å². The summed E-state index contributed by atoms with van der Waals surface area (Å²) in [5.74, 6) is 0.0927. The van der Waals surface area contributed by atoms with Crippen LogP contribution in [0.25, 0.3) is 5.69 Å². The number of carbonyl (C=O) groups is 2. The second-order valence-corrected chi connectivity index (χ2v) is 7.43. The maximum atomic E-state index is 12.6. The van der Waals surface area contributed by atoms with Gasteiger partial charge in [-0.3, -0.25) is 4.79 Å². The number of para-hydroxylation sites is 1. The van der Waals surface area contributed by atoms with Gasteiger partial charge in [-0.15, -0.1) is 0 Å². The Balaban J connectivity index is 1.52. The molecule has 0 radical (unpaired) electrons. The van der Waals surface area contributed by atoms with Crippen molar-refractivity contribution in [3.63, 3.8) is 0 Å².